The summed E-state index contributed by atoms with van der Waals surface area (Å²) in [6.07, 6.45) is 0. The quantitative estimate of drug-likeness (QED) is 0.504. The summed E-state index contributed by atoms with van der Waals surface area (Å²) < 4.78 is 0. The minimum Gasteiger partial charge on any atom is -0.376 e. The number of primary amides is 2. The van der Waals surface area contributed by atoms with Gasteiger partial charge in [-0.05, 0) is 24.4 Å². The molecule has 1 aromatic rings. The molecule has 7 N–H and O–H groups in total. The maximum Gasteiger partial charge on any atom is 0.309 e. The number of thiocarbonyl (C=S) groups is 1. The summed E-state index contributed by atoms with van der Waals surface area (Å²) in [6.45, 7) is 0. The van der Waals surface area contributed by atoms with Gasteiger partial charge in [0.2, 0.25) is 0 Å². The Morgan fingerprint density at radius 3 is 1.93 bits per heavy atom. The van der Waals surface area contributed by atoms with Crippen molar-refractivity contribution in [1.29, 1.82) is 0 Å². The normalized spacial score (nSPS) is 8.00. The molecule has 0 aliphatic carbocycles. The van der Waals surface area contributed by atoms with Gasteiger partial charge in [-0.15, -0.1) is 0 Å². The number of hydrogen-bond donors (Lipinski definition) is 4. The van der Waals surface area contributed by atoms with Gasteiger partial charge in [0.1, 0.15) is 0 Å². The van der Waals surface area contributed by atoms with E-state index in [0.717, 1.165) is 5.69 Å². The molecule has 0 aromatic heterocycles. The van der Waals surface area contributed by atoms with E-state index in [1.165, 1.54) is 0 Å². The molecule has 0 spiro atoms. The van der Waals surface area contributed by atoms with Crippen molar-refractivity contribution in [3.8, 4) is 0 Å². The number of rotatable bonds is 1. The van der Waals surface area contributed by atoms with Crippen molar-refractivity contribution in [2.75, 3.05) is 5.32 Å². The summed E-state index contributed by atoms with van der Waals surface area (Å²) in [6, 6.07) is 8.74. The first-order valence-corrected chi connectivity index (χ1v) is 4.09. The molecule has 0 heterocycles. The molecular formula is C8H12N4OS. The molecule has 2 amide bonds. The Labute approximate surface area is 87.3 Å². The third kappa shape index (κ3) is 8.28. The standard InChI is InChI=1S/C7H8N2S.CH4N2O/c8-7(10)9-6-4-2-1-3-5-6;2-1(3)4/h1-5H,(H3,8,9,10);(H4,2,3,4). The van der Waals surface area contributed by atoms with Gasteiger partial charge in [-0.1, -0.05) is 18.2 Å². The van der Waals surface area contributed by atoms with Crippen LogP contribution in [-0.2, 0) is 0 Å². The van der Waals surface area contributed by atoms with Crippen molar-refractivity contribution in [1.82, 2.24) is 0 Å². The SMILES string of the molecule is NC(=S)Nc1ccccc1.NC(N)=O. The van der Waals surface area contributed by atoms with Gasteiger partial charge in [-0.25, -0.2) is 4.79 Å². The van der Waals surface area contributed by atoms with Crippen LogP contribution in [0, 0.1) is 0 Å². The lowest BCUT2D eigenvalue weighted by Gasteiger charge is -2.00. The number of amides is 2. The Bertz CT molecular complexity index is 297. The molecule has 0 atom stereocenters. The van der Waals surface area contributed by atoms with Gasteiger partial charge in [0.05, 0.1) is 0 Å². The first kappa shape index (κ1) is 12.2. The van der Waals surface area contributed by atoms with Crippen molar-refractivity contribution < 1.29 is 4.79 Å². The summed E-state index contributed by atoms with van der Waals surface area (Å²) in [5.41, 5.74) is 14.7. The lowest BCUT2D eigenvalue weighted by Crippen LogP contribution is -2.18. The van der Waals surface area contributed by atoms with Gasteiger partial charge >= 0.3 is 6.03 Å². The minimum absolute atomic E-state index is 0.297. The Morgan fingerprint density at radius 2 is 1.57 bits per heavy atom. The zero-order valence-corrected chi connectivity index (χ0v) is 8.25. The average molecular weight is 212 g/mol. The van der Waals surface area contributed by atoms with Crippen molar-refractivity contribution in [3.05, 3.63) is 30.3 Å². The number of anilines is 1. The first-order chi connectivity index (χ1) is 6.52. The summed E-state index contributed by atoms with van der Waals surface area (Å²) in [5.74, 6) is 0. The number of benzene rings is 1. The van der Waals surface area contributed by atoms with Crippen LogP contribution >= 0.6 is 12.2 Å². The van der Waals surface area contributed by atoms with Gasteiger partial charge in [-0.3, -0.25) is 0 Å². The van der Waals surface area contributed by atoms with Gasteiger partial charge in [-0.2, -0.15) is 0 Å². The number of carbonyl (C=O) groups excluding carboxylic acids is 1. The minimum atomic E-state index is -0.833. The second kappa shape index (κ2) is 6.67. The topological polar surface area (TPSA) is 107 Å². The first-order valence-electron chi connectivity index (χ1n) is 3.68. The second-order valence-electron chi connectivity index (χ2n) is 2.26. The van der Waals surface area contributed by atoms with Gasteiger partial charge < -0.3 is 22.5 Å². The van der Waals surface area contributed by atoms with Gasteiger partial charge in [0, 0.05) is 5.69 Å². The highest BCUT2D eigenvalue weighted by molar-refractivity contribution is 7.80. The van der Waals surface area contributed by atoms with E-state index in [-0.39, 0.29) is 0 Å². The molecule has 0 bridgehead atoms. The predicted octanol–water partition coefficient (Wildman–Crippen LogP) is 0.366. The molecule has 14 heavy (non-hydrogen) atoms. The number of urea groups is 1. The van der Waals surface area contributed by atoms with Gasteiger partial charge in [0.15, 0.2) is 5.11 Å². The zero-order chi connectivity index (χ0) is 11.0. The highest BCUT2D eigenvalue weighted by Gasteiger charge is 1.87. The number of nitrogens with two attached hydrogens (primary N) is 3. The molecule has 0 aliphatic heterocycles. The number of carbonyl (C=O) groups is 1. The van der Waals surface area contributed by atoms with E-state index in [2.05, 4.69) is 29.0 Å². The molecule has 76 valence electrons. The zero-order valence-electron chi connectivity index (χ0n) is 7.44. The van der Waals surface area contributed by atoms with E-state index in [1.807, 2.05) is 30.3 Å². The van der Waals surface area contributed by atoms with Crippen molar-refractivity contribution in [3.63, 3.8) is 0 Å². The molecule has 1 aromatic carbocycles. The van der Waals surface area contributed by atoms with E-state index >= 15 is 0 Å². The average Bonchev–Trinajstić information content (AvgIpc) is 2.03. The summed E-state index contributed by atoms with van der Waals surface area (Å²) in [5, 5.41) is 3.11. The van der Waals surface area contributed by atoms with Crippen LogP contribution in [0.15, 0.2) is 30.3 Å². The molecule has 0 unspecified atom stereocenters. The fourth-order valence-electron chi connectivity index (χ4n) is 0.664. The Morgan fingerprint density at radius 1 is 1.14 bits per heavy atom. The van der Waals surface area contributed by atoms with Crippen LogP contribution in [0.3, 0.4) is 0 Å². The molecule has 0 radical (unpaired) electrons. The van der Waals surface area contributed by atoms with E-state index in [1.54, 1.807) is 0 Å². The van der Waals surface area contributed by atoms with E-state index in [0.29, 0.717) is 5.11 Å². The van der Waals surface area contributed by atoms with Crippen LogP contribution in [0.5, 0.6) is 0 Å². The molecule has 6 heteroatoms. The third-order valence-corrected chi connectivity index (χ3v) is 1.14. The van der Waals surface area contributed by atoms with Crippen LogP contribution in [0.25, 0.3) is 0 Å². The van der Waals surface area contributed by atoms with Crippen LogP contribution in [0.1, 0.15) is 0 Å². The fraction of sp³-hybridized carbons (Fsp3) is 0. The van der Waals surface area contributed by atoms with E-state index < -0.39 is 6.03 Å². The van der Waals surface area contributed by atoms with Crippen LogP contribution in [-0.4, -0.2) is 11.1 Å². The third-order valence-electron chi connectivity index (χ3n) is 1.04. The maximum atomic E-state index is 9.00. The molecule has 5 nitrogen and oxygen atoms in total. The van der Waals surface area contributed by atoms with Crippen molar-refractivity contribution >= 4 is 29.0 Å². The van der Waals surface area contributed by atoms with Crippen LogP contribution in [0.4, 0.5) is 10.5 Å². The molecule has 0 saturated carbocycles. The molecular weight excluding hydrogens is 200 g/mol. The molecule has 0 fully saturated rings. The van der Waals surface area contributed by atoms with Crippen LogP contribution < -0.4 is 22.5 Å². The highest BCUT2D eigenvalue weighted by Crippen LogP contribution is 2.03. The Balaban J connectivity index is 0.000000364. The number of para-hydroxylation sites is 1. The van der Waals surface area contributed by atoms with Crippen molar-refractivity contribution in [2.45, 2.75) is 0 Å². The van der Waals surface area contributed by atoms with E-state index in [9.17, 15) is 0 Å². The second-order valence-corrected chi connectivity index (χ2v) is 2.70. The summed E-state index contributed by atoms with van der Waals surface area (Å²) >= 11 is 4.64. The van der Waals surface area contributed by atoms with Crippen molar-refractivity contribution in [2.24, 2.45) is 17.2 Å². The largest absolute Gasteiger partial charge is 0.376 e. The maximum absolute atomic E-state index is 9.00. The number of nitrogens with one attached hydrogen (secondary N) is 1. The molecule has 0 aliphatic rings. The Kier molecular flexibility index (Phi) is 5.80. The Hall–Kier alpha value is -1.82. The summed E-state index contributed by atoms with van der Waals surface area (Å²) in [4.78, 5) is 9.00. The van der Waals surface area contributed by atoms with Gasteiger partial charge in [0.25, 0.3) is 0 Å². The lowest BCUT2D eigenvalue weighted by atomic mass is 10.3. The molecule has 0 saturated heterocycles. The fourth-order valence-corrected chi connectivity index (χ4v) is 0.782. The van der Waals surface area contributed by atoms with Crippen LogP contribution in [0.2, 0.25) is 0 Å². The monoisotopic (exact) mass is 212 g/mol. The smallest absolute Gasteiger partial charge is 0.309 e. The summed E-state index contributed by atoms with van der Waals surface area (Å²) in [7, 11) is 0. The highest BCUT2D eigenvalue weighted by atomic mass is 32.1. The number of hydrogen-bond acceptors (Lipinski definition) is 2. The lowest BCUT2D eigenvalue weighted by molar-refractivity contribution is 0.256. The predicted molar refractivity (Wildman–Crippen MR) is 60.6 cm³/mol. The molecule has 1 rings (SSSR count). The van der Waals surface area contributed by atoms with E-state index in [4.69, 9.17) is 10.5 Å².